The van der Waals surface area contributed by atoms with Crippen molar-refractivity contribution in [3.8, 4) is 0 Å². The van der Waals surface area contributed by atoms with Crippen LogP contribution in [0.25, 0.3) is 11.0 Å². The number of hydrogen-bond acceptors (Lipinski definition) is 3. The molecule has 0 radical (unpaired) electrons. The van der Waals surface area contributed by atoms with Crippen LogP contribution in [0.3, 0.4) is 0 Å². The lowest BCUT2D eigenvalue weighted by Crippen LogP contribution is -2.39. The zero-order chi connectivity index (χ0) is 14.2. The lowest BCUT2D eigenvalue weighted by Gasteiger charge is -2.30. The van der Waals surface area contributed by atoms with E-state index in [0.717, 1.165) is 23.9 Å². The van der Waals surface area contributed by atoms with Gasteiger partial charge in [0.25, 0.3) is 0 Å². The first kappa shape index (κ1) is 13.9. The Morgan fingerprint density at radius 3 is 3.00 bits per heavy atom. The summed E-state index contributed by atoms with van der Waals surface area (Å²) in [5.41, 5.74) is -0.193. The van der Waals surface area contributed by atoms with Crippen molar-refractivity contribution in [3.63, 3.8) is 0 Å². The molecule has 1 aromatic heterocycles. The molecule has 0 amide bonds. The van der Waals surface area contributed by atoms with Gasteiger partial charge < -0.3 is 14.8 Å². The standard InChI is InChI=1S/C16H20ClNO2/c1-16(19,10-13-4-2-3-7-18-13)15-9-11-8-12(17)5-6-14(11)20-15/h5-6,8-9,13,18-19H,2-4,7,10H2,1H3. The molecule has 2 aromatic rings. The molecule has 3 nitrogen and oxygen atoms in total. The lowest BCUT2D eigenvalue weighted by atomic mass is 9.90. The van der Waals surface area contributed by atoms with Crippen LogP contribution in [-0.4, -0.2) is 17.7 Å². The fourth-order valence-electron chi connectivity index (χ4n) is 2.96. The molecule has 2 heterocycles. The minimum Gasteiger partial charge on any atom is -0.458 e. The summed E-state index contributed by atoms with van der Waals surface area (Å²) in [4.78, 5) is 0. The quantitative estimate of drug-likeness (QED) is 0.904. The predicted octanol–water partition coefficient (Wildman–Crippen LogP) is 3.83. The molecule has 20 heavy (non-hydrogen) atoms. The molecule has 3 rings (SSSR count). The van der Waals surface area contributed by atoms with E-state index >= 15 is 0 Å². The van der Waals surface area contributed by atoms with Gasteiger partial charge in [0.15, 0.2) is 0 Å². The zero-order valence-corrected chi connectivity index (χ0v) is 12.4. The summed E-state index contributed by atoms with van der Waals surface area (Å²) in [6.07, 6.45) is 4.23. The lowest BCUT2D eigenvalue weighted by molar-refractivity contribution is 0.0139. The van der Waals surface area contributed by atoms with Gasteiger partial charge in [0, 0.05) is 16.5 Å². The zero-order valence-electron chi connectivity index (χ0n) is 11.7. The third-order valence-corrected chi connectivity index (χ3v) is 4.30. The molecule has 1 aromatic carbocycles. The Kier molecular flexibility index (Phi) is 3.76. The van der Waals surface area contributed by atoms with Crippen LogP contribution in [0.1, 0.15) is 38.4 Å². The van der Waals surface area contributed by atoms with E-state index in [1.165, 1.54) is 12.8 Å². The highest BCUT2D eigenvalue weighted by molar-refractivity contribution is 6.31. The second-order valence-electron chi connectivity index (χ2n) is 5.92. The highest BCUT2D eigenvalue weighted by Gasteiger charge is 2.31. The molecular formula is C16H20ClNO2. The van der Waals surface area contributed by atoms with E-state index < -0.39 is 5.60 Å². The minimum absolute atomic E-state index is 0.357. The maximum atomic E-state index is 10.7. The number of hydrogen-bond donors (Lipinski definition) is 2. The van der Waals surface area contributed by atoms with Crippen LogP contribution in [0.2, 0.25) is 5.02 Å². The number of halogens is 1. The van der Waals surface area contributed by atoms with Gasteiger partial charge in [0.1, 0.15) is 16.9 Å². The van der Waals surface area contributed by atoms with E-state index in [2.05, 4.69) is 5.32 Å². The van der Waals surface area contributed by atoms with Crippen molar-refractivity contribution in [2.75, 3.05) is 6.54 Å². The third kappa shape index (κ3) is 2.85. The van der Waals surface area contributed by atoms with E-state index in [-0.39, 0.29) is 0 Å². The number of piperidine rings is 1. The molecule has 1 saturated heterocycles. The number of nitrogens with one attached hydrogen (secondary N) is 1. The van der Waals surface area contributed by atoms with Gasteiger partial charge in [-0.1, -0.05) is 18.0 Å². The SMILES string of the molecule is CC(O)(CC1CCCCN1)c1cc2cc(Cl)ccc2o1. The summed E-state index contributed by atoms with van der Waals surface area (Å²) in [7, 11) is 0. The summed E-state index contributed by atoms with van der Waals surface area (Å²) in [5, 5.41) is 15.8. The third-order valence-electron chi connectivity index (χ3n) is 4.07. The minimum atomic E-state index is -0.958. The maximum Gasteiger partial charge on any atom is 0.136 e. The van der Waals surface area contributed by atoms with Gasteiger partial charge in [-0.2, -0.15) is 0 Å². The molecule has 2 atom stereocenters. The monoisotopic (exact) mass is 293 g/mol. The van der Waals surface area contributed by atoms with Crippen molar-refractivity contribution in [2.24, 2.45) is 0 Å². The first-order valence-corrected chi connectivity index (χ1v) is 7.58. The van der Waals surface area contributed by atoms with Gasteiger partial charge >= 0.3 is 0 Å². The Hall–Kier alpha value is -1.03. The van der Waals surface area contributed by atoms with Gasteiger partial charge in [-0.25, -0.2) is 0 Å². The van der Waals surface area contributed by atoms with Crippen LogP contribution >= 0.6 is 11.6 Å². The van der Waals surface area contributed by atoms with Crippen molar-refractivity contribution in [3.05, 3.63) is 35.0 Å². The predicted molar refractivity (Wildman–Crippen MR) is 81.1 cm³/mol. The van der Waals surface area contributed by atoms with Crippen molar-refractivity contribution >= 4 is 22.6 Å². The van der Waals surface area contributed by atoms with Crippen LogP contribution in [0.5, 0.6) is 0 Å². The highest BCUT2D eigenvalue weighted by Crippen LogP contribution is 2.33. The number of rotatable bonds is 3. The summed E-state index contributed by atoms with van der Waals surface area (Å²) < 4.78 is 5.79. The molecule has 0 bridgehead atoms. The molecule has 0 aliphatic carbocycles. The van der Waals surface area contributed by atoms with Gasteiger partial charge in [-0.05, 0) is 57.0 Å². The maximum absolute atomic E-state index is 10.7. The van der Waals surface area contributed by atoms with Gasteiger partial charge in [-0.15, -0.1) is 0 Å². The molecule has 0 spiro atoms. The van der Waals surface area contributed by atoms with E-state index in [4.69, 9.17) is 16.0 Å². The van der Waals surface area contributed by atoms with Crippen molar-refractivity contribution in [1.29, 1.82) is 0 Å². The van der Waals surface area contributed by atoms with Crippen molar-refractivity contribution in [2.45, 2.75) is 44.2 Å². The average Bonchev–Trinajstić information content (AvgIpc) is 2.83. The molecule has 1 aliphatic rings. The van der Waals surface area contributed by atoms with Crippen molar-refractivity contribution in [1.82, 2.24) is 5.32 Å². The number of aliphatic hydroxyl groups is 1. The van der Waals surface area contributed by atoms with Crippen LogP contribution in [0, 0.1) is 0 Å². The molecule has 0 saturated carbocycles. The molecule has 108 valence electrons. The normalized spacial score (nSPS) is 22.9. The second kappa shape index (κ2) is 5.40. The Bertz CT molecular complexity index is 600. The summed E-state index contributed by atoms with van der Waals surface area (Å²) >= 11 is 5.98. The van der Waals surface area contributed by atoms with Crippen LogP contribution in [-0.2, 0) is 5.60 Å². The number of furan rings is 1. The van der Waals surface area contributed by atoms with Crippen LogP contribution in [0.15, 0.2) is 28.7 Å². The Morgan fingerprint density at radius 1 is 1.40 bits per heavy atom. The fourth-order valence-corrected chi connectivity index (χ4v) is 3.14. The molecule has 2 N–H and O–H groups in total. The van der Waals surface area contributed by atoms with E-state index in [1.54, 1.807) is 6.07 Å². The topological polar surface area (TPSA) is 45.4 Å². The summed E-state index contributed by atoms with van der Waals surface area (Å²) in [6, 6.07) is 7.75. The smallest absolute Gasteiger partial charge is 0.136 e. The van der Waals surface area contributed by atoms with Crippen LogP contribution in [0.4, 0.5) is 0 Å². The number of fused-ring (bicyclic) bond motifs is 1. The highest BCUT2D eigenvalue weighted by atomic mass is 35.5. The van der Waals surface area contributed by atoms with Gasteiger partial charge in [0.2, 0.25) is 0 Å². The molecule has 4 heteroatoms. The molecular weight excluding hydrogens is 274 g/mol. The largest absolute Gasteiger partial charge is 0.458 e. The van der Waals surface area contributed by atoms with Crippen molar-refractivity contribution < 1.29 is 9.52 Å². The summed E-state index contributed by atoms with van der Waals surface area (Å²) in [5.74, 6) is 0.613. The van der Waals surface area contributed by atoms with E-state index in [9.17, 15) is 5.11 Å². The van der Waals surface area contributed by atoms with Gasteiger partial charge in [-0.3, -0.25) is 0 Å². The first-order valence-electron chi connectivity index (χ1n) is 7.20. The Morgan fingerprint density at radius 2 is 2.25 bits per heavy atom. The first-order chi connectivity index (χ1) is 9.54. The second-order valence-corrected chi connectivity index (χ2v) is 6.35. The van der Waals surface area contributed by atoms with Crippen LogP contribution < -0.4 is 5.32 Å². The average molecular weight is 294 g/mol. The molecule has 1 aliphatic heterocycles. The summed E-state index contributed by atoms with van der Waals surface area (Å²) in [6.45, 7) is 2.86. The van der Waals surface area contributed by atoms with E-state index in [0.29, 0.717) is 23.2 Å². The fraction of sp³-hybridized carbons (Fsp3) is 0.500. The number of benzene rings is 1. The molecule has 2 unspecified atom stereocenters. The van der Waals surface area contributed by atoms with E-state index in [1.807, 2.05) is 25.1 Å². The molecule has 1 fully saturated rings. The Labute approximate surface area is 123 Å². The Balaban J connectivity index is 1.83. The van der Waals surface area contributed by atoms with Gasteiger partial charge in [0.05, 0.1) is 0 Å².